The summed E-state index contributed by atoms with van der Waals surface area (Å²) in [5.41, 5.74) is 0. The van der Waals surface area contributed by atoms with Gasteiger partial charge >= 0.3 is 6.03 Å². The number of rotatable bonds is 9. The van der Waals surface area contributed by atoms with Crippen molar-refractivity contribution in [3.8, 4) is 0 Å². The minimum atomic E-state index is -3.35. The molecule has 0 bridgehead atoms. The van der Waals surface area contributed by atoms with Gasteiger partial charge in [-0.25, -0.2) is 13.2 Å². The van der Waals surface area contributed by atoms with Crippen LogP contribution in [0, 0.1) is 0 Å². The van der Waals surface area contributed by atoms with Gasteiger partial charge in [0.25, 0.3) is 0 Å². The average Bonchev–Trinajstić information content (AvgIpc) is 2.52. The minimum Gasteiger partial charge on any atom is -0.337 e. The molecular formula is C15H25N3O3S. The molecule has 2 N–H and O–H groups in total. The van der Waals surface area contributed by atoms with Crippen LogP contribution >= 0.6 is 0 Å². The summed E-state index contributed by atoms with van der Waals surface area (Å²) in [5, 5.41) is 5.29. The standard InChI is InChI=1S/C15H25N3O3S/c1-3-18(4-2)12-10-16-15(19)17-11-13-22(20,21)14-8-6-5-7-9-14/h5-9H,3-4,10-13H2,1-2H3,(H2,16,17,19). The van der Waals surface area contributed by atoms with Crippen LogP contribution in [0.5, 0.6) is 0 Å². The van der Waals surface area contributed by atoms with Crippen LogP contribution in [-0.2, 0) is 9.84 Å². The summed E-state index contributed by atoms with van der Waals surface area (Å²) in [7, 11) is -3.35. The number of carbonyl (C=O) groups excluding carboxylic acids is 1. The van der Waals surface area contributed by atoms with Gasteiger partial charge < -0.3 is 15.5 Å². The van der Waals surface area contributed by atoms with E-state index in [-0.39, 0.29) is 23.2 Å². The molecule has 124 valence electrons. The second-order valence-corrected chi connectivity index (χ2v) is 6.95. The molecule has 0 radical (unpaired) electrons. The Balaban J connectivity index is 2.28. The lowest BCUT2D eigenvalue weighted by atomic mass is 10.4. The monoisotopic (exact) mass is 327 g/mol. The van der Waals surface area contributed by atoms with Gasteiger partial charge in [-0.3, -0.25) is 0 Å². The number of likely N-dealkylation sites (N-methyl/N-ethyl adjacent to an activating group) is 1. The van der Waals surface area contributed by atoms with Crippen molar-refractivity contribution in [1.82, 2.24) is 15.5 Å². The van der Waals surface area contributed by atoms with Crippen molar-refractivity contribution in [2.24, 2.45) is 0 Å². The first-order valence-corrected chi connectivity index (χ1v) is 9.16. The van der Waals surface area contributed by atoms with Crippen molar-refractivity contribution >= 4 is 15.9 Å². The summed E-state index contributed by atoms with van der Waals surface area (Å²) in [6.07, 6.45) is 0. The van der Waals surface area contributed by atoms with Gasteiger partial charge in [0.15, 0.2) is 9.84 Å². The van der Waals surface area contributed by atoms with E-state index in [1.165, 1.54) is 0 Å². The van der Waals surface area contributed by atoms with Gasteiger partial charge in [-0.2, -0.15) is 0 Å². The molecule has 0 unspecified atom stereocenters. The predicted molar refractivity (Wildman–Crippen MR) is 87.7 cm³/mol. The molecule has 0 heterocycles. The lowest BCUT2D eigenvalue weighted by Crippen LogP contribution is -2.41. The SMILES string of the molecule is CCN(CC)CCNC(=O)NCCS(=O)(=O)c1ccccc1. The second-order valence-electron chi connectivity index (χ2n) is 4.84. The molecule has 0 spiro atoms. The topological polar surface area (TPSA) is 78.5 Å². The van der Waals surface area contributed by atoms with Crippen LogP contribution in [0.3, 0.4) is 0 Å². The minimum absolute atomic E-state index is 0.0916. The van der Waals surface area contributed by atoms with Crippen molar-refractivity contribution in [3.63, 3.8) is 0 Å². The van der Waals surface area contributed by atoms with Crippen molar-refractivity contribution in [3.05, 3.63) is 30.3 Å². The number of nitrogens with one attached hydrogen (secondary N) is 2. The zero-order chi connectivity index (χ0) is 16.4. The Labute approximate surface area is 132 Å². The maximum Gasteiger partial charge on any atom is 0.314 e. The molecule has 0 fully saturated rings. The van der Waals surface area contributed by atoms with E-state index < -0.39 is 9.84 Å². The fourth-order valence-corrected chi connectivity index (χ4v) is 3.15. The van der Waals surface area contributed by atoms with Crippen LogP contribution in [0.2, 0.25) is 0 Å². The fraction of sp³-hybridized carbons (Fsp3) is 0.533. The van der Waals surface area contributed by atoms with E-state index in [2.05, 4.69) is 29.4 Å². The van der Waals surface area contributed by atoms with E-state index in [4.69, 9.17) is 0 Å². The maximum atomic E-state index is 12.0. The second kappa shape index (κ2) is 9.42. The first kappa shape index (κ1) is 18.4. The third-order valence-electron chi connectivity index (χ3n) is 3.37. The van der Waals surface area contributed by atoms with Crippen LogP contribution in [0.15, 0.2) is 35.2 Å². The molecule has 1 aromatic carbocycles. The molecule has 22 heavy (non-hydrogen) atoms. The summed E-state index contributed by atoms with van der Waals surface area (Å²) in [6.45, 7) is 7.43. The lowest BCUT2D eigenvalue weighted by Gasteiger charge is -2.18. The molecular weight excluding hydrogens is 302 g/mol. The summed E-state index contributed by atoms with van der Waals surface area (Å²) in [5.74, 6) is -0.111. The third-order valence-corrected chi connectivity index (χ3v) is 5.10. The van der Waals surface area contributed by atoms with E-state index in [1.54, 1.807) is 30.3 Å². The molecule has 0 aromatic heterocycles. The highest BCUT2D eigenvalue weighted by Gasteiger charge is 2.13. The smallest absolute Gasteiger partial charge is 0.314 e. The summed E-state index contributed by atoms with van der Waals surface area (Å²) in [4.78, 5) is 14.1. The molecule has 2 amide bonds. The largest absolute Gasteiger partial charge is 0.337 e. The maximum absolute atomic E-state index is 12.0. The quantitative estimate of drug-likeness (QED) is 0.712. The normalized spacial score (nSPS) is 11.4. The van der Waals surface area contributed by atoms with Crippen LogP contribution in [0.1, 0.15) is 13.8 Å². The number of benzene rings is 1. The molecule has 1 rings (SSSR count). The van der Waals surface area contributed by atoms with Gasteiger partial charge in [-0.05, 0) is 25.2 Å². The molecule has 0 saturated heterocycles. The van der Waals surface area contributed by atoms with Crippen molar-refractivity contribution in [1.29, 1.82) is 0 Å². The molecule has 7 heteroatoms. The Kier molecular flexibility index (Phi) is 7.90. The molecule has 6 nitrogen and oxygen atoms in total. The Morgan fingerprint density at radius 1 is 1.05 bits per heavy atom. The summed E-state index contributed by atoms with van der Waals surface area (Å²) < 4.78 is 24.0. The number of nitrogens with zero attached hydrogens (tertiary/aromatic N) is 1. The zero-order valence-electron chi connectivity index (χ0n) is 13.2. The van der Waals surface area contributed by atoms with Crippen LogP contribution in [0.25, 0.3) is 0 Å². The Bertz CT molecular complexity index is 542. The summed E-state index contributed by atoms with van der Waals surface area (Å²) in [6, 6.07) is 7.90. The Morgan fingerprint density at radius 2 is 1.64 bits per heavy atom. The highest BCUT2D eigenvalue weighted by molar-refractivity contribution is 7.91. The van der Waals surface area contributed by atoms with Gasteiger partial charge in [-0.15, -0.1) is 0 Å². The van der Waals surface area contributed by atoms with Crippen molar-refractivity contribution in [2.45, 2.75) is 18.7 Å². The molecule has 0 atom stereocenters. The highest BCUT2D eigenvalue weighted by atomic mass is 32.2. The van der Waals surface area contributed by atoms with E-state index in [0.29, 0.717) is 6.54 Å². The first-order chi connectivity index (χ1) is 10.5. The van der Waals surface area contributed by atoms with Gasteiger partial charge in [-0.1, -0.05) is 32.0 Å². The van der Waals surface area contributed by atoms with E-state index in [1.807, 2.05) is 0 Å². The number of hydrogen-bond acceptors (Lipinski definition) is 4. The van der Waals surface area contributed by atoms with Crippen molar-refractivity contribution in [2.75, 3.05) is 38.5 Å². The average molecular weight is 327 g/mol. The van der Waals surface area contributed by atoms with E-state index in [0.717, 1.165) is 19.6 Å². The van der Waals surface area contributed by atoms with Crippen LogP contribution in [0.4, 0.5) is 4.79 Å². The van der Waals surface area contributed by atoms with Gasteiger partial charge in [0.2, 0.25) is 0 Å². The number of urea groups is 1. The lowest BCUT2D eigenvalue weighted by molar-refractivity contribution is 0.237. The number of sulfone groups is 1. The van der Waals surface area contributed by atoms with E-state index in [9.17, 15) is 13.2 Å². The number of amides is 2. The molecule has 1 aromatic rings. The molecule has 0 aliphatic heterocycles. The van der Waals surface area contributed by atoms with Crippen LogP contribution in [-0.4, -0.2) is 57.8 Å². The zero-order valence-corrected chi connectivity index (χ0v) is 14.0. The molecule has 0 aliphatic carbocycles. The molecule has 0 aliphatic rings. The number of carbonyl (C=O) groups is 1. The Hall–Kier alpha value is -1.60. The van der Waals surface area contributed by atoms with Crippen molar-refractivity contribution < 1.29 is 13.2 Å². The van der Waals surface area contributed by atoms with Crippen LogP contribution < -0.4 is 10.6 Å². The van der Waals surface area contributed by atoms with Gasteiger partial charge in [0.1, 0.15) is 0 Å². The predicted octanol–water partition coefficient (Wildman–Crippen LogP) is 1.10. The van der Waals surface area contributed by atoms with Gasteiger partial charge in [0.05, 0.1) is 10.6 Å². The highest BCUT2D eigenvalue weighted by Crippen LogP contribution is 2.09. The first-order valence-electron chi connectivity index (χ1n) is 7.51. The summed E-state index contributed by atoms with van der Waals surface area (Å²) >= 11 is 0. The van der Waals surface area contributed by atoms with Gasteiger partial charge in [0, 0.05) is 19.6 Å². The third kappa shape index (κ3) is 6.44. The molecule has 0 saturated carbocycles. The van der Waals surface area contributed by atoms with E-state index >= 15 is 0 Å². The fourth-order valence-electron chi connectivity index (χ4n) is 1.97. The number of hydrogen-bond donors (Lipinski definition) is 2. The Morgan fingerprint density at radius 3 is 2.23 bits per heavy atom.